The molecule has 2 N–H and O–H groups in total. The average Bonchev–Trinajstić information content (AvgIpc) is 3.08. The molecule has 2 amide bonds. The summed E-state index contributed by atoms with van der Waals surface area (Å²) in [7, 11) is 0. The van der Waals surface area contributed by atoms with Gasteiger partial charge in [0, 0.05) is 42.8 Å². The van der Waals surface area contributed by atoms with Crippen LogP contribution in [0.5, 0.6) is 0 Å². The average molecular weight is 354 g/mol. The molecule has 1 aromatic carbocycles. The Morgan fingerprint density at radius 1 is 1.12 bits per heavy atom. The number of aromatic nitrogens is 1. The fourth-order valence-corrected chi connectivity index (χ4v) is 3.86. The van der Waals surface area contributed by atoms with E-state index in [0.29, 0.717) is 37.7 Å². The van der Waals surface area contributed by atoms with Crippen molar-refractivity contribution >= 4 is 22.7 Å². The summed E-state index contributed by atoms with van der Waals surface area (Å²) in [5.41, 5.74) is 1.70. The molecular weight excluding hydrogens is 328 g/mol. The van der Waals surface area contributed by atoms with Crippen molar-refractivity contribution in [3.8, 4) is 0 Å². The standard InChI is InChI=1S/C20H26N4O2/c25-19(14-23-8-2-1-3-9-23)22-11-15-12-24(13-15)20(26)17-5-4-16-6-7-21-18(16)10-17/h4-7,10,15,21H,1-3,8-9,11-14H2,(H,22,25). The number of carbonyl (C=O) groups is 2. The minimum atomic E-state index is 0.0670. The number of H-pyrrole nitrogens is 1. The third-order valence-electron chi connectivity index (χ3n) is 5.45. The van der Waals surface area contributed by atoms with Crippen LogP contribution in [0, 0.1) is 5.92 Å². The van der Waals surface area contributed by atoms with E-state index in [2.05, 4.69) is 15.2 Å². The van der Waals surface area contributed by atoms with Crippen LogP contribution >= 0.6 is 0 Å². The topological polar surface area (TPSA) is 68.4 Å². The third kappa shape index (κ3) is 3.75. The zero-order valence-corrected chi connectivity index (χ0v) is 15.0. The first-order chi connectivity index (χ1) is 12.7. The molecule has 2 saturated heterocycles. The zero-order valence-electron chi connectivity index (χ0n) is 15.0. The Labute approximate surface area is 153 Å². The smallest absolute Gasteiger partial charge is 0.253 e. The number of rotatable bonds is 5. The van der Waals surface area contributed by atoms with Gasteiger partial charge in [-0.1, -0.05) is 12.5 Å². The van der Waals surface area contributed by atoms with Gasteiger partial charge < -0.3 is 15.2 Å². The Kier molecular flexibility index (Phi) is 4.93. The van der Waals surface area contributed by atoms with E-state index >= 15 is 0 Å². The zero-order chi connectivity index (χ0) is 17.9. The van der Waals surface area contributed by atoms with E-state index < -0.39 is 0 Å². The molecule has 0 aliphatic carbocycles. The molecule has 0 unspecified atom stereocenters. The number of hydrogen-bond donors (Lipinski definition) is 2. The van der Waals surface area contributed by atoms with Crippen molar-refractivity contribution in [1.29, 1.82) is 0 Å². The molecule has 4 rings (SSSR count). The van der Waals surface area contributed by atoms with Crippen LogP contribution in [0.15, 0.2) is 30.5 Å². The first-order valence-corrected chi connectivity index (χ1v) is 9.54. The summed E-state index contributed by atoms with van der Waals surface area (Å²) in [5, 5.41) is 4.14. The molecule has 26 heavy (non-hydrogen) atoms. The van der Waals surface area contributed by atoms with Gasteiger partial charge in [0.05, 0.1) is 6.54 Å². The van der Waals surface area contributed by atoms with Crippen LogP contribution in [0.25, 0.3) is 10.9 Å². The molecule has 2 aliphatic heterocycles. The second kappa shape index (κ2) is 7.50. The van der Waals surface area contributed by atoms with Crippen molar-refractivity contribution in [3.05, 3.63) is 36.0 Å². The number of benzene rings is 1. The van der Waals surface area contributed by atoms with Gasteiger partial charge in [0.15, 0.2) is 0 Å². The van der Waals surface area contributed by atoms with E-state index in [9.17, 15) is 9.59 Å². The molecular formula is C20H26N4O2. The maximum Gasteiger partial charge on any atom is 0.253 e. The Balaban J connectivity index is 1.21. The summed E-state index contributed by atoms with van der Waals surface area (Å²) in [5.74, 6) is 0.532. The number of aromatic amines is 1. The van der Waals surface area contributed by atoms with Crippen molar-refractivity contribution < 1.29 is 9.59 Å². The number of hydrogen-bond acceptors (Lipinski definition) is 3. The second-order valence-electron chi connectivity index (χ2n) is 7.50. The van der Waals surface area contributed by atoms with Crippen LogP contribution in [0.4, 0.5) is 0 Å². The highest BCUT2D eigenvalue weighted by Crippen LogP contribution is 2.21. The molecule has 0 spiro atoms. The van der Waals surface area contributed by atoms with Crippen LogP contribution in [-0.4, -0.2) is 65.9 Å². The number of nitrogens with one attached hydrogen (secondary N) is 2. The summed E-state index contributed by atoms with van der Waals surface area (Å²) >= 11 is 0. The predicted molar refractivity (Wildman–Crippen MR) is 101 cm³/mol. The fourth-order valence-electron chi connectivity index (χ4n) is 3.86. The molecule has 6 heteroatoms. The molecule has 0 radical (unpaired) electrons. The maximum absolute atomic E-state index is 12.6. The van der Waals surface area contributed by atoms with E-state index in [4.69, 9.17) is 0 Å². The molecule has 0 bridgehead atoms. The number of piperidine rings is 1. The largest absolute Gasteiger partial charge is 0.361 e. The molecule has 0 saturated carbocycles. The van der Waals surface area contributed by atoms with Gasteiger partial charge >= 0.3 is 0 Å². The molecule has 138 valence electrons. The van der Waals surface area contributed by atoms with Gasteiger partial charge in [-0.2, -0.15) is 0 Å². The van der Waals surface area contributed by atoms with Crippen LogP contribution in [0.2, 0.25) is 0 Å². The quantitative estimate of drug-likeness (QED) is 0.861. The first-order valence-electron chi connectivity index (χ1n) is 9.54. The summed E-state index contributed by atoms with van der Waals surface area (Å²) in [6, 6.07) is 7.75. The number of fused-ring (bicyclic) bond motifs is 1. The van der Waals surface area contributed by atoms with E-state index in [0.717, 1.165) is 24.0 Å². The summed E-state index contributed by atoms with van der Waals surface area (Å²) in [4.78, 5) is 31.8. The summed E-state index contributed by atoms with van der Waals surface area (Å²) in [6.45, 7) is 4.66. The van der Waals surface area contributed by atoms with Crippen LogP contribution in [0.1, 0.15) is 29.6 Å². The van der Waals surface area contributed by atoms with Gasteiger partial charge in [0.2, 0.25) is 5.91 Å². The molecule has 6 nitrogen and oxygen atoms in total. The normalized spacial score (nSPS) is 18.7. The first kappa shape index (κ1) is 17.1. The summed E-state index contributed by atoms with van der Waals surface area (Å²) < 4.78 is 0. The molecule has 0 atom stereocenters. The summed E-state index contributed by atoms with van der Waals surface area (Å²) in [6.07, 6.45) is 5.55. The lowest BCUT2D eigenvalue weighted by atomic mass is 9.98. The molecule has 3 heterocycles. The second-order valence-corrected chi connectivity index (χ2v) is 7.50. The van der Waals surface area contributed by atoms with Crippen LogP contribution < -0.4 is 5.32 Å². The van der Waals surface area contributed by atoms with Crippen LogP contribution in [0.3, 0.4) is 0 Å². The molecule has 2 fully saturated rings. The maximum atomic E-state index is 12.6. The van der Waals surface area contributed by atoms with Crippen molar-refractivity contribution in [3.63, 3.8) is 0 Å². The van der Waals surface area contributed by atoms with Gasteiger partial charge in [-0.25, -0.2) is 0 Å². The molecule has 2 aliphatic rings. The fraction of sp³-hybridized carbons (Fsp3) is 0.500. The lowest BCUT2D eigenvalue weighted by Gasteiger charge is -2.39. The molecule has 2 aromatic rings. The van der Waals surface area contributed by atoms with Gasteiger partial charge in [-0.15, -0.1) is 0 Å². The number of amides is 2. The number of carbonyl (C=O) groups excluding carboxylic acids is 2. The highest BCUT2D eigenvalue weighted by atomic mass is 16.2. The lowest BCUT2D eigenvalue weighted by molar-refractivity contribution is -0.122. The highest BCUT2D eigenvalue weighted by Gasteiger charge is 2.31. The number of likely N-dealkylation sites (tertiary alicyclic amines) is 2. The van der Waals surface area contributed by atoms with E-state index in [1.165, 1.54) is 19.3 Å². The Morgan fingerprint density at radius 2 is 1.92 bits per heavy atom. The van der Waals surface area contributed by atoms with Crippen molar-refractivity contribution in [2.45, 2.75) is 19.3 Å². The predicted octanol–water partition coefficient (Wildman–Crippen LogP) is 1.84. The lowest BCUT2D eigenvalue weighted by Crippen LogP contribution is -2.54. The van der Waals surface area contributed by atoms with Gasteiger partial charge in [0.1, 0.15) is 0 Å². The Bertz CT molecular complexity index is 788. The van der Waals surface area contributed by atoms with Gasteiger partial charge in [0.25, 0.3) is 5.91 Å². The van der Waals surface area contributed by atoms with Crippen LogP contribution in [-0.2, 0) is 4.79 Å². The Morgan fingerprint density at radius 3 is 2.73 bits per heavy atom. The monoisotopic (exact) mass is 354 g/mol. The van der Waals surface area contributed by atoms with Crippen molar-refractivity contribution in [2.24, 2.45) is 5.92 Å². The SMILES string of the molecule is O=C(CN1CCCCC1)NCC1CN(C(=O)c2ccc3cc[nH]c3c2)C1. The Hall–Kier alpha value is -2.34. The van der Waals surface area contributed by atoms with Crippen molar-refractivity contribution in [1.82, 2.24) is 20.1 Å². The van der Waals surface area contributed by atoms with E-state index in [1.807, 2.05) is 35.4 Å². The minimum Gasteiger partial charge on any atom is -0.361 e. The third-order valence-corrected chi connectivity index (χ3v) is 5.45. The van der Waals surface area contributed by atoms with Gasteiger partial charge in [-0.3, -0.25) is 14.5 Å². The van der Waals surface area contributed by atoms with Gasteiger partial charge in [-0.05, 0) is 49.5 Å². The number of nitrogens with zero attached hydrogens (tertiary/aromatic N) is 2. The van der Waals surface area contributed by atoms with Crippen molar-refractivity contribution in [2.75, 3.05) is 39.3 Å². The molecule has 1 aromatic heterocycles. The van der Waals surface area contributed by atoms with E-state index in [-0.39, 0.29) is 11.8 Å². The van der Waals surface area contributed by atoms with E-state index in [1.54, 1.807) is 0 Å². The highest BCUT2D eigenvalue weighted by molar-refractivity contribution is 5.98. The minimum absolute atomic E-state index is 0.0670.